The van der Waals surface area contributed by atoms with Crippen LogP contribution >= 0.6 is 11.6 Å². The first kappa shape index (κ1) is 32.6. The van der Waals surface area contributed by atoms with Crippen molar-refractivity contribution in [2.24, 2.45) is 0 Å². The highest BCUT2D eigenvalue weighted by Crippen LogP contribution is 2.39. The van der Waals surface area contributed by atoms with Gasteiger partial charge in [-0.3, -0.25) is 19.9 Å². The van der Waals surface area contributed by atoms with E-state index in [0.29, 0.717) is 5.69 Å². The van der Waals surface area contributed by atoms with Crippen molar-refractivity contribution >= 4 is 11.6 Å². The first-order valence-electron chi connectivity index (χ1n) is 12.9. The summed E-state index contributed by atoms with van der Waals surface area (Å²) in [5, 5.41) is 0.0700. The van der Waals surface area contributed by atoms with Gasteiger partial charge in [0, 0.05) is 42.1 Å². The van der Waals surface area contributed by atoms with E-state index >= 15 is 0 Å². The van der Waals surface area contributed by atoms with Crippen LogP contribution in [0.15, 0.2) is 43.0 Å². The van der Waals surface area contributed by atoms with Gasteiger partial charge < -0.3 is 0 Å². The molecule has 3 heterocycles. The molecular formula is C29H44ClFN4. The Hall–Kier alpha value is -2.40. The number of aromatic nitrogens is 4. The fourth-order valence-corrected chi connectivity index (χ4v) is 2.74. The van der Waals surface area contributed by atoms with Crippen molar-refractivity contribution in [3.63, 3.8) is 0 Å². The van der Waals surface area contributed by atoms with Gasteiger partial charge in [-0.15, -0.1) is 0 Å². The molecule has 194 valence electrons. The second-order valence-electron chi connectivity index (χ2n) is 7.60. The van der Waals surface area contributed by atoms with Crippen LogP contribution < -0.4 is 0 Å². The normalized spacial score (nSPS) is 12.9. The molecule has 3 aromatic rings. The first-order valence-corrected chi connectivity index (χ1v) is 13.3. The Morgan fingerprint density at radius 1 is 0.657 bits per heavy atom. The Bertz CT molecular complexity index is 869. The van der Waals surface area contributed by atoms with Crippen LogP contribution in [0.4, 0.5) is 4.39 Å². The minimum atomic E-state index is -0.413. The van der Waals surface area contributed by atoms with Gasteiger partial charge in [0.2, 0.25) is 0 Å². The lowest BCUT2D eigenvalue weighted by atomic mass is 10.2. The van der Waals surface area contributed by atoms with Crippen LogP contribution in [-0.4, -0.2) is 19.9 Å². The van der Waals surface area contributed by atoms with Crippen molar-refractivity contribution < 1.29 is 4.39 Å². The fraction of sp³-hybridized carbons (Fsp3) is 0.517. The van der Waals surface area contributed by atoms with Crippen molar-refractivity contribution in [1.82, 2.24) is 19.9 Å². The molecule has 0 atom stereocenters. The lowest BCUT2D eigenvalue weighted by molar-refractivity contribution is 0.624. The molecule has 0 aromatic carbocycles. The minimum Gasteiger partial charge on any atom is -0.261 e. The maximum absolute atomic E-state index is 12.4. The molecule has 3 aromatic heterocycles. The van der Waals surface area contributed by atoms with E-state index in [4.69, 9.17) is 11.6 Å². The van der Waals surface area contributed by atoms with Crippen LogP contribution in [0, 0.1) is 26.6 Å². The van der Waals surface area contributed by atoms with Gasteiger partial charge in [-0.2, -0.15) is 0 Å². The van der Waals surface area contributed by atoms with E-state index in [1.54, 1.807) is 6.92 Å². The average Bonchev–Trinajstić information content (AvgIpc) is 3.81. The Morgan fingerprint density at radius 3 is 1.60 bits per heavy atom. The molecule has 0 bridgehead atoms. The van der Waals surface area contributed by atoms with Gasteiger partial charge in [0.25, 0.3) is 0 Å². The van der Waals surface area contributed by atoms with E-state index in [-0.39, 0.29) is 5.02 Å². The highest BCUT2D eigenvalue weighted by atomic mass is 35.5. The molecular weight excluding hydrogens is 459 g/mol. The monoisotopic (exact) mass is 502 g/mol. The second kappa shape index (κ2) is 18.9. The van der Waals surface area contributed by atoms with Gasteiger partial charge in [0.15, 0.2) is 0 Å². The number of rotatable bonds is 2. The van der Waals surface area contributed by atoms with Crippen LogP contribution in [0.25, 0.3) is 0 Å². The highest BCUT2D eigenvalue weighted by Gasteiger charge is 2.24. The third kappa shape index (κ3) is 13.9. The summed E-state index contributed by atoms with van der Waals surface area (Å²) in [4.78, 5) is 16.5. The van der Waals surface area contributed by atoms with Gasteiger partial charge in [-0.1, -0.05) is 59.2 Å². The zero-order valence-electron chi connectivity index (χ0n) is 23.1. The Labute approximate surface area is 217 Å². The number of pyridine rings is 2. The summed E-state index contributed by atoms with van der Waals surface area (Å²) in [6.45, 7) is 17.7. The maximum atomic E-state index is 12.4. The Morgan fingerprint density at radius 2 is 1.20 bits per heavy atom. The molecule has 0 N–H and O–H groups in total. The summed E-state index contributed by atoms with van der Waals surface area (Å²) in [6, 6.07) is 5.58. The van der Waals surface area contributed by atoms with E-state index in [1.807, 2.05) is 74.0 Å². The quantitative estimate of drug-likeness (QED) is 0.350. The van der Waals surface area contributed by atoms with Crippen molar-refractivity contribution in [2.75, 3.05) is 0 Å². The van der Waals surface area contributed by atoms with E-state index in [0.717, 1.165) is 23.2 Å². The summed E-state index contributed by atoms with van der Waals surface area (Å²) in [5.74, 6) is 1.16. The van der Waals surface area contributed by atoms with Crippen LogP contribution in [-0.2, 0) is 0 Å². The second-order valence-corrected chi connectivity index (χ2v) is 8.01. The van der Waals surface area contributed by atoms with E-state index in [1.165, 1.54) is 49.2 Å². The third-order valence-electron chi connectivity index (χ3n) is 4.72. The largest absolute Gasteiger partial charge is 0.261 e. The van der Waals surface area contributed by atoms with Crippen LogP contribution in [0.5, 0.6) is 0 Å². The van der Waals surface area contributed by atoms with Gasteiger partial charge in [0.1, 0.15) is 5.82 Å². The fourth-order valence-electron chi connectivity index (χ4n) is 2.64. The van der Waals surface area contributed by atoms with Crippen LogP contribution in [0.2, 0.25) is 5.02 Å². The molecule has 2 aliphatic carbocycles. The number of halogens is 2. The zero-order chi connectivity index (χ0) is 26.8. The molecule has 2 saturated carbocycles. The summed E-state index contributed by atoms with van der Waals surface area (Å²) >= 11 is 5.34. The van der Waals surface area contributed by atoms with Crippen LogP contribution in [0.1, 0.15) is 107 Å². The molecule has 0 aliphatic heterocycles. The highest BCUT2D eigenvalue weighted by molar-refractivity contribution is 6.30. The van der Waals surface area contributed by atoms with Crippen LogP contribution in [0.3, 0.4) is 0 Å². The molecule has 2 fully saturated rings. The minimum absolute atomic E-state index is 0.0700. The number of hydrogen-bond acceptors (Lipinski definition) is 4. The third-order valence-corrected chi connectivity index (χ3v) is 5.00. The molecule has 6 heteroatoms. The van der Waals surface area contributed by atoms with Gasteiger partial charge in [0.05, 0.1) is 16.4 Å². The summed E-state index contributed by atoms with van der Waals surface area (Å²) < 4.78 is 12.4. The molecule has 0 unspecified atom stereocenters. The Balaban J connectivity index is 0.000000448. The van der Waals surface area contributed by atoms with Gasteiger partial charge in [-0.25, -0.2) is 4.39 Å². The number of aryl methyl sites for hydroxylation is 3. The molecule has 35 heavy (non-hydrogen) atoms. The molecule has 0 spiro atoms. The summed E-state index contributed by atoms with van der Waals surface area (Å²) in [5.41, 5.74) is 5.35. The molecule has 5 rings (SSSR count). The van der Waals surface area contributed by atoms with Crippen molar-refractivity contribution in [1.29, 1.82) is 0 Å². The van der Waals surface area contributed by atoms with Gasteiger partial charge >= 0.3 is 0 Å². The smallest absolute Gasteiger partial charge is 0.145 e. The standard InChI is InChI=1S/C9H11N.C8H10N2.C6H5ClFN.3C2H6/c1-7-2-3-9(6-10-7)8-4-5-8;1-6-4-10-8(5-9-6)7-2-3-7;1-4-2-6(8)5(7)3-9-4;3*1-2/h2-3,6,8H,4-5H2,1H3;4-5,7H,2-3H2,1H3;2-3H,1H3;3*1-2H3. The average molecular weight is 503 g/mol. The van der Waals surface area contributed by atoms with E-state index in [9.17, 15) is 4.39 Å². The van der Waals surface area contributed by atoms with Crippen molar-refractivity contribution in [3.05, 3.63) is 82.2 Å². The predicted octanol–water partition coefficient (Wildman–Crippen LogP) is 9.19. The topological polar surface area (TPSA) is 51.6 Å². The lowest BCUT2D eigenvalue weighted by Gasteiger charge is -1.95. The van der Waals surface area contributed by atoms with E-state index < -0.39 is 5.82 Å². The SMILES string of the molecule is CC.CC.CC.Cc1cc(F)c(Cl)cn1.Cc1ccc(C2CC2)cn1.Cc1cnc(C2CC2)cn1. The summed E-state index contributed by atoms with van der Waals surface area (Å²) in [7, 11) is 0. The molecule has 4 nitrogen and oxygen atoms in total. The molecule has 0 amide bonds. The molecule has 0 radical (unpaired) electrons. The number of nitrogens with zero attached hydrogens (tertiary/aromatic N) is 4. The molecule has 2 aliphatic rings. The van der Waals surface area contributed by atoms with Gasteiger partial charge in [-0.05, 0) is 70.1 Å². The molecule has 0 saturated heterocycles. The zero-order valence-corrected chi connectivity index (χ0v) is 23.8. The Kier molecular flexibility index (Phi) is 17.6. The van der Waals surface area contributed by atoms with Crippen molar-refractivity contribution in [2.45, 2.75) is 99.8 Å². The summed E-state index contributed by atoms with van der Waals surface area (Å²) in [6.07, 6.45) is 12.4. The predicted molar refractivity (Wildman–Crippen MR) is 148 cm³/mol. The number of hydrogen-bond donors (Lipinski definition) is 0. The van der Waals surface area contributed by atoms with E-state index in [2.05, 4.69) is 32.1 Å². The maximum Gasteiger partial charge on any atom is 0.145 e. The van der Waals surface area contributed by atoms with Crippen molar-refractivity contribution in [3.8, 4) is 0 Å². The lowest BCUT2D eigenvalue weighted by Crippen LogP contribution is -1.89. The first-order chi connectivity index (χ1) is 16.9.